The van der Waals surface area contributed by atoms with Crippen molar-refractivity contribution in [3.05, 3.63) is 95.2 Å². The van der Waals surface area contributed by atoms with E-state index in [2.05, 4.69) is 45.1 Å². The van der Waals surface area contributed by atoms with Crippen molar-refractivity contribution in [3.63, 3.8) is 0 Å². The predicted octanol–water partition coefficient (Wildman–Crippen LogP) is 4.87. The Kier molecular flexibility index (Phi) is 6.03. The summed E-state index contributed by atoms with van der Waals surface area (Å²) >= 11 is 0. The third kappa shape index (κ3) is 4.40. The van der Waals surface area contributed by atoms with Gasteiger partial charge in [0.15, 0.2) is 17.3 Å². The van der Waals surface area contributed by atoms with Crippen molar-refractivity contribution >= 4 is 22.4 Å². The fourth-order valence-electron chi connectivity index (χ4n) is 5.05. The number of pyridine rings is 1. The molecule has 36 heavy (non-hydrogen) atoms. The van der Waals surface area contributed by atoms with E-state index in [9.17, 15) is 4.79 Å². The molecule has 2 aliphatic rings. The molecular weight excluding hydrogens is 450 g/mol. The Bertz CT molecular complexity index is 1390. The van der Waals surface area contributed by atoms with E-state index in [0.717, 1.165) is 54.9 Å². The van der Waals surface area contributed by atoms with Gasteiger partial charge in [0, 0.05) is 55.9 Å². The van der Waals surface area contributed by atoms with E-state index < -0.39 is 0 Å². The molecule has 0 bridgehead atoms. The predicted molar refractivity (Wildman–Crippen MR) is 141 cm³/mol. The van der Waals surface area contributed by atoms with Crippen molar-refractivity contribution in [2.75, 3.05) is 44.3 Å². The summed E-state index contributed by atoms with van der Waals surface area (Å²) in [5.74, 6) is 1.40. The van der Waals surface area contributed by atoms with Crippen LogP contribution in [0.2, 0.25) is 0 Å². The van der Waals surface area contributed by atoms with Crippen LogP contribution in [0.1, 0.15) is 27.0 Å². The minimum Gasteiger partial charge on any atom is -0.486 e. The molecule has 3 aromatic carbocycles. The summed E-state index contributed by atoms with van der Waals surface area (Å²) in [5.41, 5.74) is 5.48. The monoisotopic (exact) mass is 479 g/mol. The van der Waals surface area contributed by atoms with Crippen molar-refractivity contribution < 1.29 is 14.3 Å². The number of aromatic nitrogens is 1. The maximum absolute atomic E-state index is 13.7. The lowest BCUT2D eigenvalue weighted by atomic mass is 9.98. The third-order valence-electron chi connectivity index (χ3n) is 7.00. The standard InChI is InChI=1S/C30H29N3O3/c1-21-7-9-23(10-8-21)30(34)25-19-31-26-18-28-27(35-15-16-36-28)17-24(26)29(25)33-13-11-32(12-14-33)20-22-5-3-2-4-6-22/h2-10,17-19H,11-16,20H2,1H3. The molecule has 0 spiro atoms. The molecule has 0 aliphatic carbocycles. The Balaban J connectivity index is 1.37. The van der Waals surface area contributed by atoms with Crippen LogP contribution in [-0.4, -0.2) is 55.1 Å². The highest BCUT2D eigenvalue weighted by molar-refractivity contribution is 6.16. The molecule has 1 fully saturated rings. The SMILES string of the molecule is Cc1ccc(C(=O)c2cnc3cc4c(cc3c2N2CCN(Cc3ccccc3)CC2)OCCO4)cc1. The number of nitrogens with zero attached hydrogens (tertiary/aromatic N) is 3. The first-order valence-electron chi connectivity index (χ1n) is 12.5. The fraction of sp³-hybridized carbons (Fsp3) is 0.267. The molecule has 6 heteroatoms. The van der Waals surface area contributed by atoms with Gasteiger partial charge >= 0.3 is 0 Å². The zero-order valence-corrected chi connectivity index (χ0v) is 20.4. The molecule has 6 nitrogen and oxygen atoms in total. The molecular formula is C30H29N3O3. The molecule has 0 atom stereocenters. The van der Waals surface area contributed by atoms with Gasteiger partial charge in [-0.15, -0.1) is 0 Å². The Hall–Kier alpha value is -3.90. The molecule has 3 heterocycles. The van der Waals surface area contributed by atoms with Crippen LogP contribution in [0, 0.1) is 6.92 Å². The lowest BCUT2D eigenvalue weighted by molar-refractivity contribution is 0.103. The number of aryl methyl sites for hydroxylation is 1. The maximum Gasteiger partial charge on any atom is 0.196 e. The van der Waals surface area contributed by atoms with Gasteiger partial charge in [-0.05, 0) is 18.6 Å². The van der Waals surface area contributed by atoms with Gasteiger partial charge in [-0.25, -0.2) is 0 Å². The van der Waals surface area contributed by atoms with E-state index in [1.165, 1.54) is 5.56 Å². The van der Waals surface area contributed by atoms with Gasteiger partial charge in [-0.2, -0.15) is 0 Å². The second-order valence-corrected chi connectivity index (χ2v) is 9.48. The fourth-order valence-corrected chi connectivity index (χ4v) is 5.05. The van der Waals surface area contributed by atoms with Gasteiger partial charge in [0.2, 0.25) is 0 Å². The number of ketones is 1. The van der Waals surface area contributed by atoms with Crippen LogP contribution in [0.3, 0.4) is 0 Å². The van der Waals surface area contributed by atoms with E-state index in [0.29, 0.717) is 35.8 Å². The van der Waals surface area contributed by atoms with Gasteiger partial charge in [-0.3, -0.25) is 14.7 Å². The van der Waals surface area contributed by atoms with Crippen LogP contribution < -0.4 is 14.4 Å². The Morgan fingerprint density at radius 3 is 2.31 bits per heavy atom. The largest absolute Gasteiger partial charge is 0.486 e. The van der Waals surface area contributed by atoms with Crippen molar-refractivity contribution in [2.24, 2.45) is 0 Å². The van der Waals surface area contributed by atoms with Crippen LogP contribution in [0.5, 0.6) is 11.5 Å². The first-order chi connectivity index (χ1) is 17.7. The number of carbonyl (C=O) groups is 1. The molecule has 4 aromatic rings. The molecule has 182 valence electrons. The molecule has 0 amide bonds. The van der Waals surface area contributed by atoms with Crippen LogP contribution in [-0.2, 0) is 6.54 Å². The molecule has 0 N–H and O–H groups in total. The summed E-state index contributed by atoms with van der Waals surface area (Å²) in [6, 6.07) is 22.2. The molecule has 0 saturated carbocycles. The van der Waals surface area contributed by atoms with Crippen molar-refractivity contribution in [2.45, 2.75) is 13.5 Å². The number of piperazine rings is 1. The molecule has 0 unspecified atom stereocenters. The van der Waals surface area contributed by atoms with Crippen LogP contribution in [0.15, 0.2) is 72.9 Å². The zero-order valence-electron chi connectivity index (χ0n) is 20.4. The molecule has 1 saturated heterocycles. The maximum atomic E-state index is 13.7. The number of ether oxygens (including phenoxy) is 2. The highest BCUT2D eigenvalue weighted by atomic mass is 16.6. The quantitative estimate of drug-likeness (QED) is 0.381. The molecule has 6 rings (SSSR count). The number of anilines is 1. The van der Waals surface area contributed by atoms with Crippen molar-refractivity contribution in [1.29, 1.82) is 0 Å². The van der Waals surface area contributed by atoms with E-state index in [4.69, 9.17) is 9.47 Å². The van der Waals surface area contributed by atoms with E-state index in [1.807, 2.05) is 43.3 Å². The third-order valence-corrected chi connectivity index (χ3v) is 7.00. The Labute approximate surface area is 211 Å². The minimum absolute atomic E-state index is 0.0130. The first-order valence-corrected chi connectivity index (χ1v) is 12.5. The highest BCUT2D eigenvalue weighted by Crippen LogP contribution is 2.40. The number of fused-ring (bicyclic) bond motifs is 2. The zero-order chi connectivity index (χ0) is 24.5. The average molecular weight is 480 g/mol. The van der Waals surface area contributed by atoms with Gasteiger partial charge < -0.3 is 14.4 Å². The summed E-state index contributed by atoms with van der Waals surface area (Å²) in [7, 11) is 0. The summed E-state index contributed by atoms with van der Waals surface area (Å²) < 4.78 is 11.7. The number of rotatable bonds is 5. The summed E-state index contributed by atoms with van der Waals surface area (Å²) in [5, 5.41) is 0.925. The lowest BCUT2D eigenvalue weighted by Gasteiger charge is -2.37. The highest BCUT2D eigenvalue weighted by Gasteiger charge is 2.26. The van der Waals surface area contributed by atoms with Crippen LogP contribution in [0.25, 0.3) is 10.9 Å². The first kappa shape index (κ1) is 22.6. The van der Waals surface area contributed by atoms with E-state index >= 15 is 0 Å². The van der Waals surface area contributed by atoms with Gasteiger partial charge in [0.25, 0.3) is 0 Å². The smallest absolute Gasteiger partial charge is 0.196 e. The summed E-state index contributed by atoms with van der Waals surface area (Å²) in [6.45, 7) is 7.49. The normalized spacial score (nSPS) is 15.8. The minimum atomic E-state index is -0.0130. The van der Waals surface area contributed by atoms with Gasteiger partial charge in [-0.1, -0.05) is 60.2 Å². The summed E-state index contributed by atoms with van der Waals surface area (Å²) in [4.78, 5) is 23.2. The van der Waals surface area contributed by atoms with Gasteiger partial charge in [0.1, 0.15) is 13.2 Å². The molecule has 0 radical (unpaired) electrons. The average Bonchev–Trinajstić information content (AvgIpc) is 2.92. The molecule has 1 aromatic heterocycles. The number of hydrogen-bond acceptors (Lipinski definition) is 6. The van der Waals surface area contributed by atoms with E-state index in [1.54, 1.807) is 6.20 Å². The number of carbonyl (C=O) groups excluding carboxylic acids is 1. The Morgan fingerprint density at radius 1 is 0.889 bits per heavy atom. The van der Waals surface area contributed by atoms with Crippen LogP contribution in [0.4, 0.5) is 5.69 Å². The second-order valence-electron chi connectivity index (χ2n) is 9.48. The van der Waals surface area contributed by atoms with Gasteiger partial charge in [0.05, 0.1) is 16.8 Å². The molecule has 2 aliphatic heterocycles. The Morgan fingerprint density at radius 2 is 1.58 bits per heavy atom. The van der Waals surface area contributed by atoms with Crippen molar-refractivity contribution in [1.82, 2.24) is 9.88 Å². The number of benzene rings is 3. The second kappa shape index (κ2) is 9.63. The van der Waals surface area contributed by atoms with Crippen molar-refractivity contribution in [3.8, 4) is 11.5 Å². The van der Waals surface area contributed by atoms with Crippen LogP contribution >= 0.6 is 0 Å². The lowest BCUT2D eigenvalue weighted by Crippen LogP contribution is -2.46. The van der Waals surface area contributed by atoms with E-state index in [-0.39, 0.29) is 5.78 Å². The summed E-state index contributed by atoms with van der Waals surface area (Å²) in [6.07, 6.45) is 1.73. The topological polar surface area (TPSA) is 54.9 Å². The number of hydrogen-bond donors (Lipinski definition) is 0.